The number of benzene rings is 3. The van der Waals surface area contributed by atoms with E-state index in [9.17, 15) is 27.2 Å². The van der Waals surface area contributed by atoms with E-state index in [4.69, 9.17) is 21.5 Å². The van der Waals surface area contributed by atoms with Gasteiger partial charge in [0.2, 0.25) is 5.91 Å². The second-order valence-corrected chi connectivity index (χ2v) is 14.1. The van der Waals surface area contributed by atoms with Crippen LogP contribution in [0.25, 0.3) is 10.9 Å². The van der Waals surface area contributed by atoms with Crippen molar-refractivity contribution in [2.45, 2.75) is 50.2 Å². The highest BCUT2D eigenvalue weighted by atomic mass is 35.5. The summed E-state index contributed by atoms with van der Waals surface area (Å²) < 4.78 is 45.6. The van der Waals surface area contributed by atoms with Crippen LogP contribution in [0.5, 0.6) is 0 Å². The number of hydrogen-bond donors (Lipinski definition) is 3. The third-order valence-electron chi connectivity index (χ3n) is 9.67. The Morgan fingerprint density at radius 1 is 1.04 bits per heavy atom. The number of piperidine rings is 1. The number of aliphatic carboxylic acids is 1. The first-order valence-corrected chi connectivity index (χ1v) is 17.4. The van der Waals surface area contributed by atoms with Crippen molar-refractivity contribution in [3.8, 4) is 0 Å². The lowest BCUT2D eigenvalue weighted by atomic mass is 9.88. The number of rotatable bonds is 7. The first-order chi connectivity index (χ1) is 24.6. The van der Waals surface area contributed by atoms with Crippen LogP contribution in [-0.4, -0.2) is 90.3 Å². The van der Waals surface area contributed by atoms with Crippen molar-refractivity contribution < 1.29 is 37.1 Å². The van der Waals surface area contributed by atoms with E-state index < -0.39 is 18.2 Å². The lowest BCUT2D eigenvalue weighted by Crippen LogP contribution is -2.57. The number of nitrogens with one attached hydrogen (secondary N) is 2. The van der Waals surface area contributed by atoms with Gasteiger partial charge in [-0.2, -0.15) is 13.2 Å². The molecular formula is C38H42ClF4N5O4. The second kappa shape index (κ2) is 16.4. The number of carbonyl (C=O) groups excluding carboxylic acids is 2. The van der Waals surface area contributed by atoms with Gasteiger partial charge in [-0.15, -0.1) is 0 Å². The Morgan fingerprint density at radius 2 is 1.73 bits per heavy atom. The smallest absolute Gasteiger partial charge is 0.475 e. The molecule has 1 aromatic heterocycles. The van der Waals surface area contributed by atoms with Crippen molar-refractivity contribution in [1.82, 2.24) is 20.1 Å². The predicted molar refractivity (Wildman–Crippen MR) is 192 cm³/mol. The summed E-state index contributed by atoms with van der Waals surface area (Å²) in [5, 5.41) is 12.0. The number of hydrogen-bond acceptors (Lipinski definition) is 4. The van der Waals surface area contributed by atoms with Crippen LogP contribution in [-0.2, 0) is 16.0 Å². The standard InChI is InChI=1S/C36H41ClFN5O2.C2HF3O2/c1-23(31-20-39-32-10-5-4-9-30(31)32)34(40-36(45)42-15-13-25(14-16-42)26-7-6-8-29(38)19-26)35(44)43-22-24(21-41(2)3)17-27-18-28(37)11-12-33(27)43;3-2(4,5)1(6)7/h4-12,18-20,23-25,34,39H,13-17,21-22H2,1-3H3,(H,40,45);(H,6,7)/t23?,24-,34?;/m1./s1. The molecule has 1 fully saturated rings. The monoisotopic (exact) mass is 743 g/mol. The lowest BCUT2D eigenvalue weighted by Gasteiger charge is -2.39. The van der Waals surface area contributed by atoms with Crippen LogP contribution in [0.1, 0.15) is 48.3 Å². The number of halogens is 5. The third kappa shape index (κ3) is 9.23. The Balaban J connectivity index is 0.000000679. The average molecular weight is 744 g/mol. The van der Waals surface area contributed by atoms with Crippen LogP contribution in [0.15, 0.2) is 72.9 Å². The zero-order valence-electron chi connectivity index (χ0n) is 29.1. The van der Waals surface area contributed by atoms with Crippen molar-refractivity contribution in [3.05, 3.63) is 100 Å². The number of aromatic nitrogens is 1. The van der Waals surface area contributed by atoms with Crippen molar-refractivity contribution in [2.24, 2.45) is 5.92 Å². The maximum atomic E-state index is 14.7. The quantitative estimate of drug-likeness (QED) is 0.171. The largest absolute Gasteiger partial charge is 0.490 e. The molecule has 3 N–H and O–H groups in total. The number of alkyl halides is 3. The number of para-hydroxylation sites is 1. The number of anilines is 1. The van der Waals surface area contributed by atoms with Crippen LogP contribution < -0.4 is 10.2 Å². The number of amides is 3. The number of carboxylic acid groups (broad SMARTS) is 1. The van der Waals surface area contributed by atoms with Gasteiger partial charge >= 0.3 is 18.2 Å². The second-order valence-electron chi connectivity index (χ2n) is 13.7. The Bertz CT molecular complexity index is 1890. The minimum Gasteiger partial charge on any atom is -0.475 e. The van der Waals surface area contributed by atoms with E-state index >= 15 is 0 Å². The molecule has 0 aliphatic carbocycles. The van der Waals surface area contributed by atoms with Crippen molar-refractivity contribution in [1.29, 1.82) is 0 Å². The van der Waals surface area contributed by atoms with Crippen LogP contribution in [0.2, 0.25) is 5.02 Å². The van der Waals surface area contributed by atoms with Crippen LogP contribution >= 0.6 is 11.6 Å². The molecular weight excluding hydrogens is 702 g/mol. The fourth-order valence-corrected chi connectivity index (χ4v) is 7.37. The summed E-state index contributed by atoms with van der Waals surface area (Å²) in [5.41, 5.74) is 4.82. The van der Waals surface area contributed by atoms with Crippen LogP contribution in [0, 0.1) is 11.7 Å². The molecule has 0 saturated carbocycles. The van der Waals surface area contributed by atoms with Crippen molar-refractivity contribution in [3.63, 3.8) is 0 Å². The maximum absolute atomic E-state index is 14.7. The van der Waals surface area contributed by atoms with Gasteiger partial charge in [-0.05, 0) is 98.3 Å². The Kier molecular flexibility index (Phi) is 12.2. The van der Waals surface area contributed by atoms with Gasteiger partial charge in [-0.3, -0.25) is 4.79 Å². The highest BCUT2D eigenvalue weighted by Crippen LogP contribution is 2.36. The van der Waals surface area contributed by atoms with E-state index in [1.807, 2.05) is 80.6 Å². The van der Waals surface area contributed by atoms with Crippen molar-refractivity contribution >= 4 is 46.1 Å². The fraction of sp³-hybridized carbons (Fsp3) is 0.395. The summed E-state index contributed by atoms with van der Waals surface area (Å²) in [6.45, 7) is 4.46. The number of likely N-dealkylation sites (tertiary alicyclic amines) is 1. The molecule has 9 nitrogen and oxygen atoms in total. The normalized spacial score (nSPS) is 17.6. The molecule has 0 radical (unpaired) electrons. The maximum Gasteiger partial charge on any atom is 0.490 e. The highest BCUT2D eigenvalue weighted by Gasteiger charge is 2.39. The summed E-state index contributed by atoms with van der Waals surface area (Å²) in [6, 6.07) is 19.4. The van der Waals surface area contributed by atoms with Gasteiger partial charge in [0.1, 0.15) is 11.9 Å². The van der Waals surface area contributed by atoms with Gasteiger partial charge < -0.3 is 30.1 Å². The van der Waals surface area contributed by atoms with Gasteiger partial charge in [0, 0.05) is 59.9 Å². The molecule has 4 aromatic rings. The van der Waals surface area contributed by atoms with Crippen molar-refractivity contribution in [2.75, 3.05) is 45.2 Å². The van der Waals surface area contributed by atoms with E-state index in [1.165, 1.54) is 6.07 Å². The van der Waals surface area contributed by atoms with E-state index in [0.29, 0.717) is 24.7 Å². The fourth-order valence-electron chi connectivity index (χ4n) is 7.18. The Morgan fingerprint density at radius 3 is 2.38 bits per heavy atom. The molecule has 6 rings (SSSR count). The number of carboxylic acids is 1. The number of nitrogens with zero attached hydrogens (tertiary/aromatic N) is 3. The van der Waals surface area contributed by atoms with Gasteiger partial charge in [0.15, 0.2) is 0 Å². The van der Waals surface area contributed by atoms with E-state index in [0.717, 1.165) is 59.1 Å². The van der Waals surface area contributed by atoms with Gasteiger partial charge in [0.05, 0.1) is 0 Å². The van der Waals surface area contributed by atoms with E-state index in [2.05, 4.69) is 15.2 Å². The molecule has 3 aromatic carbocycles. The number of fused-ring (bicyclic) bond motifs is 2. The summed E-state index contributed by atoms with van der Waals surface area (Å²) in [5.74, 6) is -3.04. The minimum atomic E-state index is -5.08. The third-order valence-corrected chi connectivity index (χ3v) is 9.91. The molecule has 2 aliphatic rings. The minimum absolute atomic E-state index is 0.136. The number of carbonyl (C=O) groups is 3. The molecule has 14 heteroatoms. The number of H-pyrrole nitrogens is 1. The molecule has 0 bridgehead atoms. The molecule has 278 valence electrons. The molecule has 2 aliphatic heterocycles. The molecule has 52 heavy (non-hydrogen) atoms. The first kappa shape index (κ1) is 38.6. The summed E-state index contributed by atoms with van der Waals surface area (Å²) in [7, 11) is 4.08. The van der Waals surface area contributed by atoms with E-state index in [-0.39, 0.29) is 35.5 Å². The zero-order chi connectivity index (χ0) is 37.7. The Hall–Kier alpha value is -4.62. The summed E-state index contributed by atoms with van der Waals surface area (Å²) in [4.78, 5) is 46.6. The molecule has 1 saturated heterocycles. The summed E-state index contributed by atoms with van der Waals surface area (Å²) in [6.07, 6.45) is -0.835. The SMILES string of the molecule is CC(c1c[nH]c2ccccc12)C(NC(=O)N1CCC(c2cccc(F)c2)CC1)C(=O)N1C[C@@H](CN(C)C)Cc2cc(Cl)ccc21.O=C(O)C(F)(F)F. The predicted octanol–water partition coefficient (Wildman–Crippen LogP) is 7.42. The molecule has 2 unspecified atom stereocenters. The Labute approximate surface area is 304 Å². The lowest BCUT2D eigenvalue weighted by molar-refractivity contribution is -0.192. The molecule has 3 heterocycles. The highest BCUT2D eigenvalue weighted by molar-refractivity contribution is 6.30. The van der Waals surface area contributed by atoms with Gasteiger partial charge in [-0.25, -0.2) is 14.0 Å². The zero-order valence-corrected chi connectivity index (χ0v) is 29.8. The van der Waals surface area contributed by atoms with E-state index in [1.54, 1.807) is 17.0 Å². The molecule has 3 atom stereocenters. The number of urea groups is 1. The first-order valence-electron chi connectivity index (χ1n) is 17.0. The van der Waals surface area contributed by atoms with Gasteiger partial charge in [-0.1, -0.05) is 48.9 Å². The summed E-state index contributed by atoms with van der Waals surface area (Å²) >= 11 is 6.41. The molecule has 0 spiro atoms. The topological polar surface area (TPSA) is 109 Å². The molecule has 3 amide bonds. The van der Waals surface area contributed by atoms with Gasteiger partial charge in [0.25, 0.3) is 0 Å². The average Bonchev–Trinajstić information content (AvgIpc) is 3.53. The number of aromatic amines is 1. The van der Waals surface area contributed by atoms with Crippen LogP contribution in [0.3, 0.4) is 0 Å². The van der Waals surface area contributed by atoms with Crippen LogP contribution in [0.4, 0.5) is 28.0 Å².